The van der Waals surface area contributed by atoms with Crippen LogP contribution in [-0.2, 0) is 14.3 Å². The molecule has 1 unspecified atom stereocenters. The second-order valence-corrected chi connectivity index (χ2v) is 15.8. The van der Waals surface area contributed by atoms with E-state index in [1.807, 2.05) is 0 Å². The van der Waals surface area contributed by atoms with Gasteiger partial charge in [0.15, 0.2) is 0 Å². The molecule has 0 saturated heterocycles. The van der Waals surface area contributed by atoms with Gasteiger partial charge in [-0.25, -0.2) is 0 Å². The zero-order valence-electron chi connectivity index (χ0n) is 37.1. The van der Waals surface area contributed by atoms with Crippen LogP contribution in [0.3, 0.4) is 0 Å². The first-order valence-corrected chi connectivity index (χ1v) is 24.0. The summed E-state index contributed by atoms with van der Waals surface area (Å²) in [5.74, 6) is -0.214. The van der Waals surface area contributed by atoms with Crippen molar-refractivity contribution in [3.8, 4) is 0 Å². The van der Waals surface area contributed by atoms with Crippen molar-refractivity contribution >= 4 is 5.97 Å². The van der Waals surface area contributed by atoms with Crippen molar-refractivity contribution in [2.24, 2.45) is 0 Å². The minimum atomic E-state index is -0.545. The summed E-state index contributed by atoms with van der Waals surface area (Å²) in [6.07, 6.45) is 66.9. The summed E-state index contributed by atoms with van der Waals surface area (Å²) < 4.78 is 11.2. The second-order valence-electron chi connectivity index (χ2n) is 15.8. The SMILES string of the molecule is CC/C=C\C/C=C\C/C=C\C/C=C\C/C=C\C/C=C\CCCCCCCCC(=O)OC(CO)COCCCCCCCCCCCCCCCCCCCCC. The van der Waals surface area contributed by atoms with E-state index in [-0.39, 0.29) is 19.2 Å². The number of hydrogen-bond acceptors (Lipinski definition) is 4. The van der Waals surface area contributed by atoms with E-state index in [1.54, 1.807) is 0 Å². The lowest BCUT2D eigenvalue weighted by Crippen LogP contribution is -2.27. The summed E-state index contributed by atoms with van der Waals surface area (Å²) in [7, 11) is 0. The summed E-state index contributed by atoms with van der Waals surface area (Å²) in [6, 6.07) is 0. The van der Waals surface area contributed by atoms with Crippen LogP contribution in [0, 0.1) is 0 Å². The number of carbonyl (C=O) groups excluding carboxylic acids is 1. The number of hydrogen-bond donors (Lipinski definition) is 1. The molecule has 1 N–H and O–H groups in total. The molecule has 1 atom stereocenters. The molecule has 0 aromatic heterocycles. The van der Waals surface area contributed by atoms with E-state index >= 15 is 0 Å². The van der Waals surface area contributed by atoms with Crippen LogP contribution in [0.1, 0.15) is 226 Å². The molecule has 0 aliphatic carbocycles. The molecule has 0 rings (SSSR count). The van der Waals surface area contributed by atoms with E-state index in [0.717, 1.165) is 70.6 Å². The maximum atomic E-state index is 12.2. The number of unbranched alkanes of at least 4 members (excludes halogenated alkanes) is 24. The molecule has 0 heterocycles. The zero-order chi connectivity index (χ0) is 40.5. The Morgan fingerprint density at radius 1 is 0.446 bits per heavy atom. The molecule has 0 fully saturated rings. The lowest BCUT2D eigenvalue weighted by Gasteiger charge is -2.16. The molecular weight excluding hydrogens is 689 g/mol. The molecular formula is C52H92O4. The van der Waals surface area contributed by atoms with Crippen LogP contribution < -0.4 is 0 Å². The molecule has 4 nitrogen and oxygen atoms in total. The maximum absolute atomic E-state index is 12.2. The lowest BCUT2D eigenvalue weighted by molar-refractivity contribution is -0.154. The van der Waals surface area contributed by atoms with Crippen molar-refractivity contribution in [2.75, 3.05) is 19.8 Å². The first-order chi connectivity index (χ1) is 27.7. The highest BCUT2D eigenvalue weighted by molar-refractivity contribution is 5.69. The average molecular weight is 781 g/mol. The third-order valence-electron chi connectivity index (χ3n) is 10.3. The van der Waals surface area contributed by atoms with Crippen molar-refractivity contribution in [3.63, 3.8) is 0 Å². The van der Waals surface area contributed by atoms with Crippen LogP contribution in [0.25, 0.3) is 0 Å². The van der Waals surface area contributed by atoms with Gasteiger partial charge in [0.05, 0.1) is 13.2 Å². The fourth-order valence-electron chi connectivity index (χ4n) is 6.74. The number of esters is 1. The Hall–Kier alpha value is -2.17. The van der Waals surface area contributed by atoms with Crippen molar-refractivity contribution in [1.82, 2.24) is 0 Å². The predicted molar refractivity (Wildman–Crippen MR) is 246 cm³/mol. The smallest absolute Gasteiger partial charge is 0.306 e. The van der Waals surface area contributed by atoms with E-state index in [4.69, 9.17) is 9.47 Å². The van der Waals surface area contributed by atoms with Gasteiger partial charge >= 0.3 is 5.97 Å². The molecule has 4 heteroatoms. The van der Waals surface area contributed by atoms with Gasteiger partial charge in [0.1, 0.15) is 6.10 Å². The Morgan fingerprint density at radius 3 is 1.21 bits per heavy atom. The first-order valence-electron chi connectivity index (χ1n) is 24.0. The number of allylic oxidation sites excluding steroid dienone is 12. The van der Waals surface area contributed by atoms with Gasteiger partial charge in [-0.2, -0.15) is 0 Å². The molecule has 0 aromatic carbocycles. The van der Waals surface area contributed by atoms with Gasteiger partial charge < -0.3 is 14.6 Å². The fourth-order valence-corrected chi connectivity index (χ4v) is 6.74. The van der Waals surface area contributed by atoms with E-state index in [2.05, 4.69) is 86.8 Å². The van der Waals surface area contributed by atoms with E-state index in [1.165, 1.54) is 135 Å². The lowest BCUT2D eigenvalue weighted by atomic mass is 10.0. The van der Waals surface area contributed by atoms with Crippen molar-refractivity contribution in [3.05, 3.63) is 72.9 Å². The van der Waals surface area contributed by atoms with E-state index in [9.17, 15) is 9.90 Å². The Labute approximate surface area is 348 Å². The molecule has 324 valence electrons. The molecule has 0 radical (unpaired) electrons. The van der Waals surface area contributed by atoms with Gasteiger partial charge in [0.2, 0.25) is 0 Å². The molecule has 0 saturated carbocycles. The summed E-state index contributed by atoms with van der Waals surface area (Å²) in [5, 5.41) is 9.63. The summed E-state index contributed by atoms with van der Waals surface area (Å²) in [4.78, 5) is 12.2. The van der Waals surface area contributed by atoms with Gasteiger partial charge in [-0.3, -0.25) is 4.79 Å². The van der Waals surface area contributed by atoms with Crippen LogP contribution in [0.2, 0.25) is 0 Å². The normalized spacial score (nSPS) is 13.0. The molecule has 0 aromatic rings. The highest BCUT2D eigenvalue weighted by Crippen LogP contribution is 2.15. The first kappa shape index (κ1) is 53.8. The highest BCUT2D eigenvalue weighted by atomic mass is 16.6. The van der Waals surface area contributed by atoms with Gasteiger partial charge in [-0.05, 0) is 64.2 Å². The minimum absolute atomic E-state index is 0.179. The minimum Gasteiger partial charge on any atom is -0.457 e. The van der Waals surface area contributed by atoms with Gasteiger partial charge in [0.25, 0.3) is 0 Å². The monoisotopic (exact) mass is 781 g/mol. The molecule has 0 aliphatic rings. The Kier molecular flexibility index (Phi) is 47.1. The highest BCUT2D eigenvalue weighted by Gasteiger charge is 2.13. The number of rotatable bonds is 44. The van der Waals surface area contributed by atoms with Gasteiger partial charge in [0, 0.05) is 13.0 Å². The molecule has 0 spiro atoms. The van der Waals surface area contributed by atoms with Crippen LogP contribution >= 0.6 is 0 Å². The summed E-state index contributed by atoms with van der Waals surface area (Å²) >= 11 is 0. The molecule has 56 heavy (non-hydrogen) atoms. The average Bonchev–Trinajstić information content (AvgIpc) is 3.20. The third kappa shape index (κ3) is 46.2. The van der Waals surface area contributed by atoms with Crippen LogP contribution in [0.15, 0.2) is 72.9 Å². The largest absolute Gasteiger partial charge is 0.457 e. The van der Waals surface area contributed by atoms with Crippen LogP contribution in [-0.4, -0.2) is 37.0 Å². The molecule has 0 aliphatic heterocycles. The quantitative estimate of drug-likeness (QED) is 0.0380. The fraction of sp³-hybridized carbons (Fsp3) is 0.750. The third-order valence-corrected chi connectivity index (χ3v) is 10.3. The Morgan fingerprint density at radius 2 is 0.804 bits per heavy atom. The maximum Gasteiger partial charge on any atom is 0.306 e. The number of aliphatic hydroxyl groups is 1. The van der Waals surface area contributed by atoms with Gasteiger partial charge in [-0.1, -0.05) is 228 Å². The second kappa shape index (κ2) is 49.0. The summed E-state index contributed by atoms with van der Waals surface area (Å²) in [6.45, 7) is 5.24. The number of carbonyl (C=O) groups is 1. The van der Waals surface area contributed by atoms with Crippen LogP contribution in [0.5, 0.6) is 0 Å². The number of ether oxygens (including phenoxy) is 2. The van der Waals surface area contributed by atoms with E-state index < -0.39 is 6.10 Å². The van der Waals surface area contributed by atoms with Crippen molar-refractivity contribution < 1.29 is 19.4 Å². The summed E-state index contributed by atoms with van der Waals surface area (Å²) in [5.41, 5.74) is 0. The van der Waals surface area contributed by atoms with E-state index in [0.29, 0.717) is 13.0 Å². The van der Waals surface area contributed by atoms with Crippen molar-refractivity contribution in [2.45, 2.75) is 232 Å². The Balaban J connectivity index is 3.48. The topological polar surface area (TPSA) is 55.8 Å². The predicted octanol–water partition coefficient (Wildman–Crippen LogP) is 16.2. The molecule has 0 bridgehead atoms. The molecule has 0 amide bonds. The number of aliphatic hydroxyl groups excluding tert-OH is 1. The van der Waals surface area contributed by atoms with Crippen molar-refractivity contribution in [1.29, 1.82) is 0 Å². The zero-order valence-corrected chi connectivity index (χ0v) is 37.1. The van der Waals surface area contributed by atoms with Gasteiger partial charge in [-0.15, -0.1) is 0 Å². The standard InChI is InChI=1S/C52H92O4/c1-3-5-7-9-11-13-15-17-19-21-23-24-25-26-27-28-29-31-33-35-37-39-41-43-45-47-52(54)56-51(49-53)50-55-48-46-44-42-40-38-36-34-32-30-22-20-18-16-14-12-10-8-6-4-2/h5,7,11,13,17,19,23-24,26-27,29,31,51,53H,3-4,6,8-10,12,14-16,18,20-22,25,28,30,32-50H2,1-2H3/b7-5-,13-11-,19-17-,24-23-,27-26-,31-29-. The Bertz CT molecular complexity index is 958. The van der Waals surface area contributed by atoms with Crippen LogP contribution in [0.4, 0.5) is 0 Å².